The Morgan fingerprint density at radius 2 is 1.38 bits per heavy atom. The number of amides is 2. The number of likely N-dealkylation sites (N-methyl/N-ethyl adjacent to an activating group) is 1. The average molecular weight is 429 g/mol. The molecule has 0 radical (unpaired) electrons. The minimum absolute atomic E-state index is 0.126. The second kappa shape index (κ2) is 9.60. The van der Waals surface area contributed by atoms with Gasteiger partial charge in [0.15, 0.2) is 5.78 Å². The fourth-order valence-corrected chi connectivity index (χ4v) is 3.59. The van der Waals surface area contributed by atoms with Crippen molar-refractivity contribution < 1.29 is 14.4 Å². The molecule has 1 N–H and O–H groups in total. The van der Waals surface area contributed by atoms with Crippen molar-refractivity contribution in [3.8, 4) is 0 Å². The quantitative estimate of drug-likeness (QED) is 0.570. The number of hydrogen-bond donors (Lipinski definition) is 1. The molecule has 0 saturated heterocycles. The first-order valence-electron chi connectivity index (χ1n) is 10.5. The number of ketones is 1. The van der Waals surface area contributed by atoms with E-state index in [4.69, 9.17) is 0 Å². The van der Waals surface area contributed by atoms with Gasteiger partial charge in [0.1, 0.15) is 0 Å². The molecule has 0 spiro atoms. The van der Waals surface area contributed by atoms with Gasteiger partial charge in [0.25, 0.3) is 5.91 Å². The predicted molar refractivity (Wildman–Crippen MR) is 127 cm³/mol. The Balaban J connectivity index is 1.79. The number of para-hydroxylation sites is 1. The van der Waals surface area contributed by atoms with Crippen molar-refractivity contribution >= 4 is 23.3 Å². The molecule has 5 heteroatoms. The Morgan fingerprint density at radius 3 is 2.00 bits per heavy atom. The standard InChI is InChI=1S/C27H28N2O3/c1-17-13-14-21(15-20(17)4)26(31)22-11-6-7-12-23(22)27(32)29(5)16-24(30)28-25-18(2)9-8-10-19(25)3/h6-15H,16H2,1-5H3,(H,28,30). The van der Waals surface area contributed by atoms with Crippen molar-refractivity contribution in [3.05, 3.63) is 99.6 Å². The van der Waals surface area contributed by atoms with Gasteiger partial charge in [-0.1, -0.05) is 48.5 Å². The lowest BCUT2D eigenvalue weighted by Crippen LogP contribution is -2.35. The first-order valence-corrected chi connectivity index (χ1v) is 10.5. The monoisotopic (exact) mass is 428 g/mol. The maximum atomic E-state index is 13.1. The van der Waals surface area contributed by atoms with Crippen LogP contribution in [0.15, 0.2) is 60.7 Å². The van der Waals surface area contributed by atoms with Crippen molar-refractivity contribution in [3.63, 3.8) is 0 Å². The molecule has 0 aliphatic carbocycles. The Bertz CT molecular complexity index is 1180. The lowest BCUT2D eigenvalue weighted by atomic mass is 9.95. The number of carbonyl (C=O) groups excluding carboxylic acids is 3. The van der Waals surface area contributed by atoms with Gasteiger partial charge >= 0.3 is 0 Å². The number of aryl methyl sites for hydroxylation is 4. The molecule has 0 saturated carbocycles. The largest absolute Gasteiger partial charge is 0.332 e. The number of benzene rings is 3. The molecule has 5 nitrogen and oxygen atoms in total. The zero-order valence-electron chi connectivity index (χ0n) is 19.2. The molecule has 0 aromatic heterocycles. The lowest BCUT2D eigenvalue weighted by Gasteiger charge is -2.19. The summed E-state index contributed by atoms with van der Waals surface area (Å²) in [6.07, 6.45) is 0. The zero-order chi connectivity index (χ0) is 23.4. The van der Waals surface area contributed by atoms with Crippen molar-refractivity contribution in [1.82, 2.24) is 4.90 Å². The maximum absolute atomic E-state index is 13.1. The molecule has 0 bridgehead atoms. The molecule has 2 amide bonds. The van der Waals surface area contributed by atoms with E-state index in [0.29, 0.717) is 11.1 Å². The van der Waals surface area contributed by atoms with E-state index in [-0.39, 0.29) is 29.7 Å². The SMILES string of the molecule is Cc1ccc(C(=O)c2ccccc2C(=O)N(C)CC(=O)Nc2c(C)cccc2C)cc1C. The highest BCUT2D eigenvalue weighted by atomic mass is 16.2. The van der Waals surface area contributed by atoms with Gasteiger partial charge in [-0.25, -0.2) is 0 Å². The Labute approximate surface area is 189 Å². The van der Waals surface area contributed by atoms with Crippen LogP contribution in [0.3, 0.4) is 0 Å². The molecule has 0 aliphatic heterocycles. The summed E-state index contributed by atoms with van der Waals surface area (Å²) < 4.78 is 0. The minimum atomic E-state index is -0.380. The van der Waals surface area contributed by atoms with E-state index < -0.39 is 0 Å². The van der Waals surface area contributed by atoms with Crippen LogP contribution >= 0.6 is 0 Å². The third-order valence-electron chi connectivity index (χ3n) is 5.64. The molecule has 164 valence electrons. The van der Waals surface area contributed by atoms with Crippen molar-refractivity contribution in [2.75, 3.05) is 18.9 Å². The molecule has 0 heterocycles. The fourth-order valence-electron chi connectivity index (χ4n) is 3.59. The summed E-state index contributed by atoms with van der Waals surface area (Å²) >= 11 is 0. The van der Waals surface area contributed by atoms with Crippen LogP contribution in [0, 0.1) is 27.7 Å². The molecule has 0 unspecified atom stereocenters. The van der Waals surface area contributed by atoms with Gasteiger partial charge in [-0.05, 0) is 62.1 Å². The third kappa shape index (κ3) is 4.94. The van der Waals surface area contributed by atoms with Crippen LogP contribution in [-0.2, 0) is 4.79 Å². The first kappa shape index (κ1) is 22.9. The van der Waals surface area contributed by atoms with E-state index in [1.54, 1.807) is 37.4 Å². The molecule has 0 fully saturated rings. The average Bonchev–Trinajstić information content (AvgIpc) is 2.77. The molecule has 3 rings (SSSR count). The normalized spacial score (nSPS) is 10.5. The Kier molecular flexibility index (Phi) is 6.89. The van der Waals surface area contributed by atoms with Crippen molar-refractivity contribution in [2.24, 2.45) is 0 Å². The van der Waals surface area contributed by atoms with Crippen LogP contribution in [0.2, 0.25) is 0 Å². The van der Waals surface area contributed by atoms with E-state index in [1.165, 1.54) is 4.90 Å². The van der Waals surface area contributed by atoms with Crippen LogP contribution in [0.5, 0.6) is 0 Å². The van der Waals surface area contributed by atoms with Crippen molar-refractivity contribution in [1.29, 1.82) is 0 Å². The molecule has 0 aliphatic rings. The summed E-state index contributed by atoms with van der Waals surface area (Å²) in [5.74, 6) is -0.893. The van der Waals surface area contributed by atoms with Gasteiger partial charge in [0, 0.05) is 23.9 Å². The molecule has 0 atom stereocenters. The van der Waals surface area contributed by atoms with Crippen LogP contribution in [0.4, 0.5) is 5.69 Å². The smallest absolute Gasteiger partial charge is 0.254 e. The number of carbonyl (C=O) groups is 3. The number of anilines is 1. The Hall–Kier alpha value is -3.73. The third-order valence-corrected chi connectivity index (χ3v) is 5.64. The molecule has 32 heavy (non-hydrogen) atoms. The van der Waals surface area contributed by atoms with Crippen molar-refractivity contribution in [2.45, 2.75) is 27.7 Å². The van der Waals surface area contributed by atoms with Gasteiger partial charge < -0.3 is 10.2 Å². The molecular formula is C27H28N2O3. The fraction of sp³-hybridized carbons (Fsp3) is 0.222. The van der Waals surface area contributed by atoms with Gasteiger partial charge in [-0.3, -0.25) is 14.4 Å². The summed E-state index contributed by atoms with van der Waals surface area (Å²) in [6, 6.07) is 18.0. The van der Waals surface area contributed by atoms with Gasteiger partial charge in [-0.15, -0.1) is 0 Å². The lowest BCUT2D eigenvalue weighted by molar-refractivity contribution is -0.116. The highest BCUT2D eigenvalue weighted by Gasteiger charge is 2.22. The highest BCUT2D eigenvalue weighted by Crippen LogP contribution is 2.20. The minimum Gasteiger partial charge on any atom is -0.332 e. The van der Waals surface area contributed by atoms with Crippen LogP contribution < -0.4 is 5.32 Å². The molecule has 3 aromatic rings. The van der Waals surface area contributed by atoms with E-state index in [9.17, 15) is 14.4 Å². The number of hydrogen-bond acceptors (Lipinski definition) is 3. The topological polar surface area (TPSA) is 66.5 Å². The van der Waals surface area contributed by atoms with E-state index in [0.717, 1.165) is 27.9 Å². The summed E-state index contributed by atoms with van der Waals surface area (Å²) in [5, 5.41) is 2.89. The second-order valence-electron chi connectivity index (χ2n) is 8.15. The summed E-state index contributed by atoms with van der Waals surface area (Å²) in [5.41, 5.74) is 5.90. The Morgan fingerprint density at radius 1 is 0.750 bits per heavy atom. The van der Waals surface area contributed by atoms with E-state index >= 15 is 0 Å². The molecule has 3 aromatic carbocycles. The summed E-state index contributed by atoms with van der Waals surface area (Å²) in [7, 11) is 1.56. The number of rotatable bonds is 6. The van der Waals surface area contributed by atoms with Gasteiger partial charge in [0.2, 0.25) is 5.91 Å². The predicted octanol–water partition coefficient (Wildman–Crippen LogP) is 4.86. The van der Waals surface area contributed by atoms with Gasteiger partial charge in [-0.2, -0.15) is 0 Å². The number of nitrogens with one attached hydrogen (secondary N) is 1. The molecular weight excluding hydrogens is 400 g/mol. The second-order valence-corrected chi connectivity index (χ2v) is 8.15. The maximum Gasteiger partial charge on any atom is 0.254 e. The van der Waals surface area contributed by atoms with Crippen LogP contribution in [0.25, 0.3) is 0 Å². The summed E-state index contributed by atoms with van der Waals surface area (Å²) in [4.78, 5) is 40.2. The highest BCUT2D eigenvalue weighted by molar-refractivity contribution is 6.15. The van der Waals surface area contributed by atoms with E-state index in [1.807, 2.05) is 58.0 Å². The summed E-state index contributed by atoms with van der Waals surface area (Å²) in [6.45, 7) is 7.66. The first-order chi connectivity index (χ1) is 15.2. The van der Waals surface area contributed by atoms with E-state index in [2.05, 4.69) is 5.32 Å². The van der Waals surface area contributed by atoms with Crippen LogP contribution in [0.1, 0.15) is 48.5 Å². The zero-order valence-corrected chi connectivity index (χ0v) is 19.2. The van der Waals surface area contributed by atoms with Crippen LogP contribution in [-0.4, -0.2) is 36.1 Å². The number of nitrogens with zero attached hydrogens (tertiary/aromatic N) is 1. The van der Waals surface area contributed by atoms with Gasteiger partial charge in [0.05, 0.1) is 12.1 Å².